The Balaban J connectivity index is 1.37. The summed E-state index contributed by atoms with van der Waals surface area (Å²) in [5, 5.41) is 4.59. The fraction of sp³-hybridized carbons (Fsp3) is 0.364. The third-order valence-electron chi connectivity index (χ3n) is 6.52. The van der Waals surface area contributed by atoms with Crippen molar-refractivity contribution in [3.8, 4) is 5.69 Å². The Bertz CT molecular complexity index is 1270. The van der Waals surface area contributed by atoms with Gasteiger partial charge in [0.1, 0.15) is 5.82 Å². The topological polar surface area (TPSA) is 71.5 Å². The molecule has 158 valence electrons. The van der Waals surface area contributed by atoms with Crippen molar-refractivity contribution in [1.29, 1.82) is 0 Å². The van der Waals surface area contributed by atoms with Crippen LogP contribution in [0.1, 0.15) is 47.3 Å². The maximum atomic E-state index is 13.7. The molecule has 6 rings (SSSR count). The van der Waals surface area contributed by atoms with Crippen molar-refractivity contribution in [3.63, 3.8) is 0 Å². The van der Waals surface area contributed by atoms with Gasteiger partial charge in [0.15, 0.2) is 5.82 Å². The number of carbonyl (C=O) groups is 1. The van der Waals surface area contributed by atoms with Crippen LogP contribution in [-0.2, 0) is 19.6 Å². The lowest BCUT2D eigenvalue weighted by molar-refractivity contribution is 0.0749. The van der Waals surface area contributed by atoms with E-state index in [0.717, 1.165) is 40.0 Å². The molecule has 31 heavy (non-hydrogen) atoms. The molecule has 3 aliphatic heterocycles. The van der Waals surface area contributed by atoms with Crippen molar-refractivity contribution >= 4 is 34.7 Å². The monoisotopic (exact) mass is 435 g/mol. The smallest absolute Gasteiger partial charge is 0.256 e. The largest absolute Gasteiger partial charge is 0.365 e. The normalized spacial score (nSPS) is 21.4. The maximum Gasteiger partial charge on any atom is 0.256 e. The predicted molar refractivity (Wildman–Crippen MR) is 119 cm³/mol. The second-order valence-corrected chi connectivity index (χ2v) is 8.96. The van der Waals surface area contributed by atoms with Gasteiger partial charge in [-0.15, -0.1) is 11.6 Å². The SMILES string of the molecule is CC1=Nc2c3c(nn2C(C)C1Cl)CN(C(=O)c1cccc2c1-n1ccnc1CN2C)C3. The molecule has 9 heteroatoms. The zero-order chi connectivity index (χ0) is 21.4. The van der Waals surface area contributed by atoms with Crippen molar-refractivity contribution in [2.45, 2.75) is 44.9 Å². The highest BCUT2D eigenvalue weighted by atomic mass is 35.5. The van der Waals surface area contributed by atoms with Gasteiger partial charge >= 0.3 is 0 Å². The number of anilines is 1. The predicted octanol–water partition coefficient (Wildman–Crippen LogP) is 3.45. The van der Waals surface area contributed by atoms with Gasteiger partial charge in [-0.1, -0.05) is 6.07 Å². The number of benzene rings is 1. The Morgan fingerprint density at radius 3 is 2.90 bits per heavy atom. The zero-order valence-electron chi connectivity index (χ0n) is 17.6. The minimum atomic E-state index is -0.164. The van der Waals surface area contributed by atoms with Crippen LogP contribution < -0.4 is 4.90 Å². The molecule has 0 bridgehead atoms. The molecular weight excluding hydrogens is 414 g/mol. The van der Waals surface area contributed by atoms with E-state index in [2.05, 4.69) is 16.8 Å². The van der Waals surface area contributed by atoms with Crippen molar-refractivity contribution in [3.05, 3.63) is 53.2 Å². The van der Waals surface area contributed by atoms with E-state index in [1.54, 1.807) is 6.20 Å². The Morgan fingerprint density at radius 1 is 1.23 bits per heavy atom. The molecule has 5 heterocycles. The first-order chi connectivity index (χ1) is 14.9. The third kappa shape index (κ3) is 2.54. The molecule has 0 saturated heterocycles. The van der Waals surface area contributed by atoms with E-state index in [0.29, 0.717) is 25.2 Å². The molecule has 2 unspecified atom stereocenters. The van der Waals surface area contributed by atoms with Crippen LogP contribution in [0.25, 0.3) is 5.69 Å². The molecule has 0 aliphatic carbocycles. The first kappa shape index (κ1) is 18.6. The van der Waals surface area contributed by atoms with E-state index in [1.165, 1.54) is 0 Å². The summed E-state index contributed by atoms with van der Waals surface area (Å²) in [7, 11) is 2.02. The van der Waals surface area contributed by atoms with Gasteiger partial charge in [0, 0.05) is 30.7 Å². The lowest BCUT2D eigenvalue weighted by Crippen LogP contribution is -2.32. The number of nitrogens with zero attached hydrogens (tertiary/aromatic N) is 7. The molecular formula is C22H22ClN7O. The van der Waals surface area contributed by atoms with E-state index < -0.39 is 0 Å². The Hall–Kier alpha value is -3.13. The minimum Gasteiger partial charge on any atom is -0.365 e. The number of alkyl halides is 1. The molecule has 3 aliphatic rings. The molecule has 0 radical (unpaired) electrons. The van der Waals surface area contributed by atoms with Crippen molar-refractivity contribution in [2.75, 3.05) is 11.9 Å². The van der Waals surface area contributed by atoms with Crippen LogP contribution in [0.3, 0.4) is 0 Å². The molecule has 0 fully saturated rings. The van der Waals surface area contributed by atoms with Crippen LogP contribution in [0.15, 0.2) is 35.6 Å². The number of hydrogen-bond acceptors (Lipinski definition) is 5. The standard InChI is InChI=1S/C22H22ClN7O/c1-12-19(23)13(2)30-21(25-12)15-9-28(10-16(15)26-30)22(31)14-5-4-6-17-20(14)29-8-7-24-18(29)11-27(17)3/h4-8,13,19H,9-11H2,1-3H3. The third-order valence-corrected chi connectivity index (χ3v) is 7.20. The number of hydrogen-bond donors (Lipinski definition) is 0. The number of fused-ring (bicyclic) bond motifs is 6. The second-order valence-electron chi connectivity index (χ2n) is 8.49. The summed E-state index contributed by atoms with van der Waals surface area (Å²) >= 11 is 6.47. The Morgan fingerprint density at radius 2 is 2.06 bits per heavy atom. The van der Waals surface area contributed by atoms with Gasteiger partial charge in [0.05, 0.1) is 53.7 Å². The molecule has 0 N–H and O–H groups in total. The van der Waals surface area contributed by atoms with E-state index in [1.807, 2.05) is 52.5 Å². The van der Waals surface area contributed by atoms with E-state index >= 15 is 0 Å². The summed E-state index contributed by atoms with van der Waals surface area (Å²) in [6.45, 7) is 5.68. The van der Waals surface area contributed by atoms with Crippen molar-refractivity contribution in [2.24, 2.45) is 4.99 Å². The van der Waals surface area contributed by atoms with Crippen LogP contribution in [0.5, 0.6) is 0 Å². The first-order valence-corrected chi connectivity index (χ1v) is 10.8. The quantitative estimate of drug-likeness (QED) is 0.549. The van der Waals surface area contributed by atoms with Gasteiger partial charge in [-0.3, -0.25) is 9.36 Å². The average Bonchev–Trinajstić information content (AvgIpc) is 3.46. The maximum absolute atomic E-state index is 13.7. The van der Waals surface area contributed by atoms with Gasteiger partial charge in [0.2, 0.25) is 0 Å². The molecule has 0 saturated carbocycles. The first-order valence-electron chi connectivity index (χ1n) is 10.4. The highest BCUT2D eigenvalue weighted by molar-refractivity contribution is 6.32. The lowest BCUT2D eigenvalue weighted by atomic mass is 10.1. The molecule has 8 nitrogen and oxygen atoms in total. The van der Waals surface area contributed by atoms with Gasteiger partial charge in [-0.05, 0) is 26.0 Å². The molecule has 0 spiro atoms. The van der Waals surface area contributed by atoms with Crippen LogP contribution in [-0.4, -0.2) is 48.3 Å². The van der Waals surface area contributed by atoms with Gasteiger partial charge in [-0.2, -0.15) is 5.10 Å². The summed E-state index contributed by atoms with van der Waals surface area (Å²) in [5.41, 5.74) is 5.40. The summed E-state index contributed by atoms with van der Waals surface area (Å²) in [6, 6.07) is 5.93. The number of amides is 1. The van der Waals surface area contributed by atoms with E-state index in [9.17, 15) is 4.79 Å². The number of para-hydroxylation sites is 1. The number of rotatable bonds is 1. The van der Waals surface area contributed by atoms with Crippen molar-refractivity contribution < 1.29 is 4.79 Å². The van der Waals surface area contributed by atoms with Crippen LogP contribution in [0.2, 0.25) is 0 Å². The second kappa shape index (κ2) is 6.43. The Kier molecular flexibility index (Phi) is 3.87. The highest BCUT2D eigenvalue weighted by Gasteiger charge is 2.37. The van der Waals surface area contributed by atoms with Crippen LogP contribution in [0, 0.1) is 0 Å². The van der Waals surface area contributed by atoms with Gasteiger partial charge in [0.25, 0.3) is 5.91 Å². The summed E-state index contributed by atoms with van der Waals surface area (Å²) in [4.78, 5) is 26.8. The molecule has 2 atom stereocenters. The number of aromatic nitrogens is 4. The molecule has 2 aromatic heterocycles. The Labute approximate surface area is 184 Å². The fourth-order valence-corrected chi connectivity index (χ4v) is 5.01. The lowest BCUT2D eigenvalue weighted by Gasteiger charge is -2.30. The van der Waals surface area contributed by atoms with E-state index in [-0.39, 0.29) is 17.3 Å². The van der Waals surface area contributed by atoms with E-state index in [4.69, 9.17) is 21.7 Å². The van der Waals surface area contributed by atoms with Crippen LogP contribution in [0.4, 0.5) is 11.5 Å². The zero-order valence-corrected chi connectivity index (χ0v) is 18.3. The fourth-order valence-electron chi connectivity index (χ4n) is 4.86. The molecule has 1 aromatic carbocycles. The minimum absolute atomic E-state index is 0.0108. The average molecular weight is 436 g/mol. The van der Waals surface area contributed by atoms with Gasteiger partial charge in [-0.25, -0.2) is 14.7 Å². The number of halogens is 1. The number of carbonyl (C=O) groups excluding carboxylic acids is 1. The van der Waals surface area contributed by atoms with Gasteiger partial charge < -0.3 is 9.80 Å². The number of aliphatic imine (C=N–C) groups is 1. The summed E-state index contributed by atoms with van der Waals surface area (Å²) in [6.07, 6.45) is 3.71. The highest BCUT2D eigenvalue weighted by Crippen LogP contribution is 2.40. The van der Waals surface area contributed by atoms with Crippen LogP contribution >= 0.6 is 11.6 Å². The summed E-state index contributed by atoms with van der Waals surface area (Å²) < 4.78 is 3.94. The number of imidazole rings is 1. The molecule has 3 aromatic rings. The molecule has 1 amide bonds. The summed E-state index contributed by atoms with van der Waals surface area (Å²) in [5.74, 6) is 1.75. The van der Waals surface area contributed by atoms with Crippen molar-refractivity contribution in [1.82, 2.24) is 24.2 Å².